The average molecular weight is 405 g/mol. The van der Waals surface area contributed by atoms with Gasteiger partial charge in [0.15, 0.2) is 5.76 Å². The zero-order valence-electron chi connectivity index (χ0n) is 18.5. The summed E-state index contributed by atoms with van der Waals surface area (Å²) in [6, 6.07) is 7.31. The van der Waals surface area contributed by atoms with Gasteiger partial charge in [-0.1, -0.05) is 45.2 Å². The van der Waals surface area contributed by atoms with Gasteiger partial charge in [-0.25, -0.2) is 4.79 Å². The first-order valence-electron chi connectivity index (χ1n) is 10.7. The van der Waals surface area contributed by atoms with Crippen molar-refractivity contribution in [3.63, 3.8) is 0 Å². The maximum Gasteiger partial charge on any atom is 0.328 e. The predicted octanol–water partition coefficient (Wildman–Crippen LogP) is 4.02. The molecule has 0 radical (unpaired) electrons. The minimum absolute atomic E-state index is 0.198. The van der Waals surface area contributed by atoms with Crippen molar-refractivity contribution in [2.75, 3.05) is 33.9 Å². The monoisotopic (exact) mass is 404 g/mol. The second kappa shape index (κ2) is 11.6. The summed E-state index contributed by atoms with van der Waals surface area (Å²) in [6.45, 7) is 8.16. The fraction of sp³-hybridized carbons (Fsp3) is 0.609. The maximum atomic E-state index is 12.8. The zero-order valence-corrected chi connectivity index (χ0v) is 18.5. The number of unbranched alkanes of at least 4 members (excludes halogenated alkanes) is 1. The van der Waals surface area contributed by atoms with Crippen molar-refractivity contribution < 1.29 is 19.0 Å². The minimum Gasteiger partial charge on any atom is -0.496 e. The summed E-state index contributed by atoms with van der Waals surface area (Å²) in [5.41, 5.74) is 0.845. The lowest BCUT2D eigenvalue weighted by molar-refractivity contribution is -0.150. The van der Waals surface area contributed by atoms with E-state index in [4.69, 9.17) is 14.2 Å². The molecule has 0 aliphatic carbocycles. The first kappa shape index (κ1) is 22.9. The first-order valence-corrected chi connectivity index (χ1v) is 10.7. The predicted molar refractivity (Wildman–Crippen MR) is 115 cm³/mol. The average Bonchev–Trinajstić information content (AvgIpc) is 3.23. The van der Waals surface area contributed by atoms with Crippen LogP contribution in [0.3, 0.4) is 0 Å². The van der Waals surface area contributed by atoms with Crippen molar-refractivity contribution >= 4 is 11.7 Å². The second-order valence-corrected chi connectivity index (χ2v) is 7.42. The smallest absolute Gasteiger partial charge is 0.328 e. The number of hydrogen-bond donors (Lipinski definition) is 1. The lowest BCUT2D eigenvalue weighted by Gasteiger charge is -2.27. The molecule has 1 heterocycles. The normalized spacial score (nSPS) is 17.3. The van der Waals surface area contributed by atoms with Crippen molar-refractivity contribution in [2.24, 2.45) is 5.92 Å². The highest BCUT2D eigenvalue weighted by Gasteiger charge is 2.32. The Morgan fingerprint density at radius 1 is 1.24 bits per heavy atom. The summed E-state index contributed by atoms with van der Waals surface area (Å²) < 4.78 is 16.9. The van der Waals surface area contributed by atoms with E-state index in [2.05, 4.69) is 19.2 Å². The van der Waals surface area contributed by atoms with Crippen LogP contribution in [0.25, 0.3) is 5.76 Å². The maximum absolute atomic E-state index is 12.8. The van der Waals surface area contributed by atoms with Gasteiger partial charge in [-0.05, 0) is 31.4 Å². The number of benzene rings is 1. The molecule has 1 aliphatic rings. The summed E-state index contributed by atoms with van der Waals surface area (Å²) >= 11 is 0. The Morgan fingerprint density at radius 3 is 2.66 bits per heavy atom. The molecule has 162 valence electrons. The van der Waals surface area contributed by atoms with E-state index in [1.54, 1.807) is 14.2 Å². The Kier molecular flexibility index (Phi) is 9.16. The van der Waals surface area contributed by atoms with Crippen LogP contribution in [0.4, 0.5) is 0 Å². The molecule has 1 saturated heterocycles. The lowest BCUT2D eigenvalue weighted by atomic mass is 10.0. The van der Waals surface area contributed by atoms with Gasteiger partial charge in [0.25, 0.3) is 0 Å². The summed E-state index contributed by atoms with van der Waals surface area (Å²) in [4.78, 5) is 14.8. The van der Waals surface area contributed by atoms with Gasteiger partial charge in [-0.2, -0.15) is 0 Å². The topological polar surface area (TPSA) is 60.0 Å². The van der Waals surface area contributed by atoms with Crippen LogP contribution in [-0.2, 0) is 14.3 Å². The highest BCUT2D eigenvalue weighted by molar-refractivity contribution is 5.77. The number of nitrogens with one attached hydrogen (secondary N) is 1. The van der Waals surface area contributed by atoms with E-state index in [1.165, 1.54) is 6.42 Å². The van der Waals surface area contributed by atoms with E-state index in [0.717, 1.165) is 42.9 Å². The van der Waals surface area contributed by atoms with Crippen LogP contribution in [0.15, 0.2) is 30.1 Å². The number of rotatable bonds is 11. The van der Waals surface area contributed by atoms with E-state index in [1.807, 2.05) is 36.1 Å². The van der Waals surface area contributed by atoms with Crippen LogP contribution in [0.1, 0.15) is 52.0 Å². The number of methoxy groups -OCH3 is 2. The van der Waals surface area contributed by atoms with E-state index in [9.17, 15) is 4.79 Å². The molecular weight excluding hydrogens is 368 g/mol. The molecule has 6 nitrogen and oxygen atoms in total. The number of nitrogens with zero attached hydrogens (tertiary/aromatic N) is 1. The molecule has 2 rings (SSSR count). The Morgan fingerprint density at radius 2 is 2.00 bits per heavy atom. The standard InChI is InChI=1S/C23H36N2O4/c1-6-8-11-18(7-2)16-29-23(26)17(3)25-15-14-24-22(25)21(28-5)19-12-9-10-13-20(19)27-4/h9-10,12-13,17-18,24H,6-8,11,14-16H2,1-5H3. The molecule has 2 unspecified atom stereocenters. The Balaban J connectivity index is 2.15. The number of para-hydroxylation sites is 1. The minimum atomic E-state index is -0.400. The van der Waals surface area contributed by atoms with Gasteiger partial charge in [0.05, 0.1) is 26.4 Å². The molecule has 0 spiro atoms. The van der Waals surface area contributed by atoms with Crippen molar-refractivity contribution in [3.8, 4) is 5.75 Å². The highest BCUT2D eigenvalue weighted by Crippen LogP contribution is 2.31. The van der Waals surface area contributed by atoms with Crippen LogP contribution in [0, 0.1) is 5.92 Å². The quantitative estimate of drug-likeness (QED) is 0.444. The molecule has 1 aromatic carbocycles. The fourth-order valence-electron chi connectivity index (χ4n) is 3.62. The second-order valence-electron chi connectivity index (χ2n) is 7.42. The number of hydrogen-bond acceptors (Lipinski definition) is 6. The fourth-order valence-corrected chi connectivity index (χ4v) is 3.62. The SMILES string of the molecule is CCCCC(CC)COC(=O)C(C)N1CCNC1=C(OC)c1ccccc1OC. The van der Waals surface area contributed by atoms with E-state index in [-0.39, 0.29) is 5.97 Å². The van der Waals surface area contributed by atoms with Crippen molar-refractivity contribution in [3.05, 3.63) is 35.6 Å². The largest absolute Gasteiger partial charge is 0.496 e. The van der Waals surface area contributed by atoms with Crippen molar-refractivity contribution in [1.82, 2.24) is 10.2 Å². The summed E-state index contributed by atoms with van der Waals surface area (Å²) in [7, 11) is 3.27. The summed E-state index contributed by atoms with van der Waals surface area (Å²) in [6.07, 6.45) is 4.47. The number of ether oxygens (including phenoxy) is 3. The zero-order chi connectivity index (χ0) is 21.2. The number of carbonyl (C=O) groups is 1. The summed E-state index contributed by atoms with van der Waals surface area (Å²) in [5, 5.41) is 3.36. The van der Waals surface area contributed by atoms with Gasteiger partial charge < -0.3 is 24.4 Å². The van der Waals surface area contributed by atoms with E-state index in [0.29, 0.717) is 24.8 Å². The summed E-state index contributed by atoms with van der Waals surface area (Å²) in [5.74, 6) is 2.41. The van der Waals surface area contributed by atoms with Crippen LogP contribution in [0.2, 0.25) is 0 Å². The van der Waals surface area contributed by atoms with Gasteiger partial charge in [0.2, 0.25) is 0 Å². The van der Waals surface area contributed by atoms with Gasteiger partial charge in [0.1, 0.15) is 17.6 Å². The van der Waals surface area contributed by atoms with Gasteiger partial charge >= 0.3 is 5.97 Å². The Labute approximate surface area is 175 Å². The molecule has 1 fully saturated rings. The molecule has 1 aliphatic heterocycles. The first-order chi connectivity index (χ1) is 14.1. The molecule has 1 N–H and O–H groups in total. The number of carbonyl (C=O) groups excluding carboxylic acids is 1. The van der Waals surface area contributed by atoms with Crippen molar-refractivity contribution in [1.29, 1.82) is 0 Å². The molecular formula is C23H36N2O4. The molecule has 0 bridgehead atoms. The van der Waals surface area contributed by atoms with Crippen LogP contribution in [0.5, 0.6) is 5.75 Å². The van der Waals surface area contributed by atoms with Crippen LogP contribution >= 0.6 is 0 Å². The van der Waals surface area contributed by atoms with E-state index < -0.39 is 6.04 Å². The third-order valence-corrected chi connectivity index (χ3v) is 5.52. The molecule has 6 heteroatoms. The Hall–Kier alpha value is -2.37. The molecule has 0 saturated carbocycles. The van der Waals surface area contributed by atoms with E-state index >= 15 is 0 Å². The third-order valence-electron chi connectivity index (χ3n) is 5.52. The molecule has 2 atom stereocenters. The molecule has 0 aromatic heterocycles. The van der Waals surface area contributed by atoms with Gasteiger partial charge in [-0.15, -0.1) is 0 Å². The molecule has 0 amide bonds. The van der Waals surface area contributed by atoms with Crippen molar-refractivity contribution in [2.45, 2.75) is 52.5 Å². The Bertz CT molecular complexity index is 689. The highest BCUT2D eigenvalue weighted by atomic mass is 16.5. The van der Waals surface area contributed by atoms with Crippen LogP contribution in [-0.4, -0.2) is 50.8 Å². The number of esters is 1. The molecule has 29 heavy (non-hydrogen) atoms. The third kappa shape index (κ3) is 5.81. The van der Waals surface area contributed by atoms with Gasteiger partial charge in [0, 0.05) is 13.1 Å². The molecule has 1 aromatic rings. The lowest BCUT2D eigenvalue weighted by Crippen LogP contribution is -2.39. The van der Waals surface area contributed by atoms with Crippen LogP contribution < -0.4 is 10.1 Å². The van der Waals surface area contributed by atoms with Gasteiger partial charge in [-0.3, -0.25) is 0 Å².